The molecule has 0 spiro atoms. The van der Waals surface area contributed by atoms with Crippen LogP contribution in [-0.4, -0.2) is 5.33 Å². The first-order chi connectivity index (χ1) is 9.29. The van der Waals surface area contributed by atoms with E-state index < -0.39 is 0 Å². The van der Waals surface area contributed by atoms with Crippen molar-refractivity contribution in [1.82, 2.24) is 0 Å². The molecule has 2 aromatic carbocycles. The topological polar surface area (TPSA) is 9.23 Å². The van der Waals surface area contributed by atoms with E-state index in [9.17, 15) is 4.39 Å². The molecule has 0 aliphatic carbocycles. The molecule has 0 bridgehead atoms. The number of benzene rings is 2. The second-order valence-electron chi connectivity index (χ2n) is 4.01. The standard InChI is InChI=1S/C16H14BrFO/c17-11-3-4-13-7-9-15(10-8-13)19-12-14-5-1-2-6-16(14)18/h1-10H,11-12H2. The highest BCUT2D eigenvalue weighted by Gasteiger charge is 2.01. The van der Waals surface area contributed by atoms with E-state index in [0.29, 0.717) is 5.56 Å². The number of halogens is 2. The Balaban J connectivity index is 1.97. The van der Waals surface area contributed by atoms with Crippen LogP contribution < -0.4 is 4.74 Å². The SMILES string of the molecule is Fc1ccccc1COc1ccc(C=CCBr)cc1. The maximum Gasteiger partial charge on any atom is 0.129 e. The first-order valence-electron chi connectivity index (χ1n) is 5.98. The van der Waals surface area contributed by atoms with Crippen molar-refractivity contribution in [1.29, 1.82) is 0 Å². The van der Waals surface area contributed by atoms with Crippen LogP contribution in [0, 0.1) is 5.82 Å². The van der Waals surface area contributed by atoms with Crippen LogP contribution in [0.4, 0.5) is 4.39 Å². The summed E-state index contributed by atoms with van der Waals surface area (Å²) < 4.78 is 19.0. The van der Waals surface area contributed by atoms with Crippen molar-refractivity contribution in [2.45, 2.75) is 6.61 Å². The zero-order chi connectivity index (χ0) is 13.5. The molecule has 0 saturated carbocycles. The van der Waals surface area contributed by atoms with Gasteiger partial charge in [-0.2, -0.15) is 0 Å². The highest BCUT2D eigenvalue weighted by molar-refractivity contribution is 9.09. The fraction of sp³-hybridized carbons (Fsp3) is 0.125. The molecule has 0 atom stereocenters. The van der Waals surface area contributed by atoms with Crippen LogP contribution >= 0.6 is 15.9 Å². The summed E-state index contributed by atoms with van der Waals surface area (Å²) in [6.07, 6.45) is 4.05. The minimum Gasteiger partial charge on any atom is -0.489 e. The summed E-state index contributed by atoms with van der Waals surface area (Å²) in [6.45, 7) is 0.239. The Kier molecular flexibility index (Phi) is 5.16. The lowest BCUT2D eigenvalue weighted by molar-refractivity contribution is 0.300. The number of allylic oxidation sites excluding steroid dienone is 1. The van der Waals surface area contributed by atoms with Crippen LogP contribution in [0.3, 0.4) is 0 Å². The Morgan fingerprint density at radius 2 is 1.79 bits per heavy atom. The van der Waals surface area contributed by atoms with E-state index in [0.717, 1.165) is 16.6 Å². The van der Waals surface area contributed by atoms with Gasteiger partial charge in [-0.25, -0.2) is 4.39 Å². The summed E-state index contributed by atoms with van der Waals surface area (Å²) in [5.74, 6) is 0.499. The highest BCUT2D eigenvalue weighted by Crippen LogP contribution is 2.16. The van der Waals surface area contributed by atoms with Gasteiger partial charge in [0.15, 0.2) is 0 Å². The molecule has 0 N–H and O–H groups in total. The summed E-state index contributed by atoms with van der Waals surface area (Å²) >= 11 is 3.33. The molecule has 19 heavy (non-hydrogen) atoms. The third-order valence-electron chi connectivity index (χ3n) is 2.63. The Hall–Kier alpha value is -1.61. The summed E-state index contributed by atoms with van der Waals surface area (Å²) in [4.78, 5) is 0. The number of alkyl halides is 1. The number of ether oxygens (including phenoxy) is 1. The molecule has 0 heterocycles. The van der Waals surface area contributed by atoms with Gasteiger partial charge in [0.25, 0.3) is 0 Å². The zero-order valence-electron chi connectivity index (χ0n) is 10.4. The Morgan fingerprint density at radius 3 is 2.47 bits per heavy atom. The minimum atomic E-state index is -0.237. The molecule has 0 aliphatic rings. The van der Waals surface area contributed by atoms with E-state index in [1.807, 2.05) is 36.4 Å². The molecular weight excluding hydrogens is 307 g/mol. The molecule has 0 aliphatic heterocycles. The van der Waals surface area contributed by atoms with Crippen LogP contribution in [0.1, 0.15) is 11.1 Å². The number of hydrogen-bond donors (Lipinski definition) is 0. The summed E-state index contributed by atoms with van der Waals surface area (Å²) in [6, 6.07) is 14.3. The average molecular weight is 321 g/mol. The van der Waals surface area contributed by atoms with Gasteiger partial charge in [-0.05, 0) is 23.8 Å². The van der Waals surface area contributed by atoms with Crippen LogP contribution in [0.2, 0.25) is 0 Å². The van der Waals surface area contributed by atoms with Gasteiger partial charge in [0.1, 0.15) is 18.2 Å². The Labute approximate surface area is 120 Å². The molecule has 2 aromatic rings. The lowest BCUT2D eigenvalue weighted by Gasteiger charge is -2.07. The van der Waals surface area contributed by atoms with Gasteiger partial charge in [-0.15, -0.1) is 0 Å². The van der Waals surface area contributed by atoms with Crippen molar-refractivity contribution in [3.63, 3.8) is 0 Å². The molecule has 0 fully saturated rings. The Bertz CT molecular complexity index is 549. The van der Waals surface area contributed by atoms with Gasteiger partial charge < -0.3 is 4.74 Å². The maximum atomic E-state index is 13.4. The van der Waals surface area contributed by atoms with E-state index in [2.05, 4.69) is 15.9 Å². The van der Waals surface area contributed by atoms with Crippen LogP contribution in [0.25, 0.3) is 6.08 Å². The Morgan fingerprint density at radius 1 is 1.05 bits per heavy atom. The largest absolute Gasteiger partial charge is 0.489 e. The predicted molar refractivity (Wildman–Crippen MR) is 80.0 cm³/mol. The van der Waals surface area contributed by atoms with Gasteiger partial charge in [0.2, 0.25) is 0 Å². The maximum absolute atomic E-state index is 13.4. The van der Waals surface area contributed by atoms with Crippen LogP contribution in [-0.2, 0) is 6.61 Å². The molecule has 0 unspecified atom stereocenters. The second-order valence-corrected chi connectivity index (χ2v) is 4.65. The molecule has 0 radical (unpaired) electrons. The lowest BCUT2D eigenvalue weighted by atomic mass is 10.2. The summed E-state index contributed by atoms with van der Waals surface area (Å²) in [5, 5.41) is 0.832. The van der Waals surface area contributed by atoms with Crippen molar-refractivity contribution in [3.8, 4) is 5.75 Å². The minimum absolute atomic E-state index is 0.237. The first kappa shape index (κ1) is 13.8. The highest BCUT2D eigenvalue weighted by atomic mass is 79.9. The molecule has 1 nitrogen and oxygen atoms in total. The summed E-state index contributed by atoms with van der Waals surface area (Å²) in [5.41, 5.74) is 1.67. The van der Waals surface area contributed by atoms with E-state index in [1.54, 1.807) is 18.2 Å². The summed E-state index contributed by atoms with van der Waals surface area (Å²) in [7, 11) is 0. The lowest BCUT2D eigenvalue weighted by Crippen LogP contribution is -1.97. The van der Waals surface area contributed by atoms with Gasteiger partial charge >= 0.3 is 0 Å². The predicted octanol–water partition coefficient (Wildman–Crippen LogP) is 4.81. The van der Waals surface area contributed by atoms with E-state index in [1.165, 1.54) is 6.07 Å². The van der Waals surface area contributed by atoms with Crippen LogP contribution in [0.5, 0.6) is 5.75 Å². The second kappa shape index (κ2) is 7.10. The zero-order valence-corrected chi connectivity index (χ0v) is 11.9. The fourth-order valence-corrected chi connectivity index (χ4v) is 1.82. The molecule has 0 saturated heterocycles. The molecule has 0 aromatic heterocycles. The first-order valence-corrected chi connectivity index (χ1v) is 7.10. The van der Waals surface area contributed by atoms with Crippen LogP contribution in [0.15, 0.2) is 54.6 Å². The molecule has 0 amide bonds. The molecule has 3 heteroatoms. The third kappa shape index (κ3) is 4.21. The molecular formula is C16H14BrFO. The van der Waals surface area contributed by atoms with Gasteiger partial charge in [-0.1, -0.05) is 58.4 Å². The van der Waals surface area contributed by atoms with Crippen molar-refractivity contribution < 1.29 is 9.13 Å². The monoisotopic (exact) mass is 320 g/mol. The number of hydrogen-bond acceptors (Lipinski definition) is 1. The van der Waals surface area contributed by atoms with Crippen molar-refractivity contribution in [2.75, 3.05) is 5.33 Å². The van der Waals surface area contributed by atoms with Gasteiger partial charge in [-0.3, -0.25) is 0 Å². The van der Waals surface area contributed by atoms with Crippen molar-refractivity contribution in [2.24, 2.45) is 0 Å². The van der Waals surface area contributed by atoms with E-state index >= 15 is 0 Å². The van der Waals surface area contributed by atoms with Crippen molar-refractivity contribution >= 4 is 22.0 Å². The average Bonchev–Trinajstić information content (AvgIpc) is 2.45. The number of rotatable bonds is 5. The quantitative estimate of drug-likeness (QED) is 0.718. The molecule has 2 rings (SSSR count). The smallest absolute Gasteiger partial charge is 0.129 e. The van der Waals surface area contributed by atoms with Gasteiger partial charge in [0.05, 0.1) is 0 Å². The van der Waals surface area contributed by atoms with E-state index in [4.69, 9.17) is 4.74 Å². The third-order valence-corrected chi connectivity index (χ3v) is 3.01. The fourth-order valence-electron chi connectivity index (χ4n) is 1.63. The molecule has 98 valence electrons. The van der Waals surface area contributed by atoms with Gasteiger partial charge in [0, 0.05) is 10.9 Å². The normalized spacial score (nSPS) is 10.8. The van der Waals surface area contributed by atoms with E-state index in [-0.39, 0.29) is 12.4 Å². The van der Waals surface area contributed by atoms with Crippen molar-refractivity contribution in [3.05, 3.63) is 71.6 Å².